The number of ether oxygens (including phenoxy) is 2. The average molecular weight is 408 g/mol. The van der Waals surface area contributed by atoms with Gasteiger partial charge in [0, 0.05) is 11.3 Å². The van der Waals surface area contributed by atoms with Crippen molar-refractivity contribution in [3.63, 3.8) is 0 Å². The zero-order chi connectivity index (χ0) is 19.9. The van der Waals surface area contributed by atoms with Gasteiger partial charge in [0.1, 0.15) is 5.00 Å². The molecule has 1 heterocycles. The standard InChI is InChI=1S/C21H29NO5S/c1-26-21(25)19-15-10-6-3-7-11-16(15)28-20(19)22-17(23)13-27-18(24)12-14-8-4-2-5-9-14/h14H,2-13H2,1H3,(H,22,23). The molecule has 3 rings (SSSR count). The van der Waals surface area contributed by atoms with E-state index < -0.39 is 11.9 Å². The van der Waals surface area contributed by atoms with Crippen molar-refractivity contribution in [3.8, 4) is 0 Å². The molecular weight excluding hydrogens is 378 g/mol. The average Bonchev–Trinajstić information content (AvgIpc) is 2.87. The molecule has 154 valence electrons. The molecule has 6 nitrogen and oxygen atoms in total. The molecule has 28 heavy (non-hydrogen) atoms. The maximum atomic E-state index is 12.3. The summed E-state index contributed by atoms with van der Waals surface area (Å²) in [6.45, 7) is -0.325. The zero-order valence-electron chi connectivity index (χ0n) is 16.5. The molecule has 1 saturated carbocycles. The number of hydrogen-bond acceptors (Lipinski definition) is 6. The van der Waals surface area contributed by atoms with Crippen LogP contribution in [-0.4, -0.2) is 31.6 Å². The first-order chi connectivity index (χ1) is 13.6. The third-order valence-electron chi connectivity index (χ3n) is 5.61. The second kappa shape index (κ2) is 10.0. The molecule has 1 fully saturated rings. The minimum Gasteiger partial charge on any atom is -0.465 e. The van der Waals surface area contributed by atoms with Crippen LogP contribution >= 0.6 is 11.3 Å². The zero-order valence-corrected chi connectivity index (χ0v) is 17.3. The highest BCUT2D eigenvalue weighted by atomic mass is 32.1. The summed E-state index contributed by atoms with van der Waals surface area (Å²) in [6.07, 6.45) is 11.1. The molecule has 0 spiro atoms. The van der Waals surface area contributed by atoms with Crippen LogP contribution in [0.1, 0.15) is 78.6 Å². The van der Waals surface area contributed by atoms with Crippen LogP contribution in [-0.2, 0) is 31.9 Å². The number of thiophene rings is 1. The number of fused-ring (bicyclic) bond motifs is 1. The van der Waals surface area contributed by atoms with Crippen LogP contribution in [0.4, 0.5) is 5.00 Å². The number of amides is 1. The highest BCUT2D eigenvalue weighted by Crippen LogP contribution is 2.38. The number of hydrogen-bond donors (Lipinski definition) is 1. The molecule has 0 atom stereocenters. The van der Waals surface area contributed by atoms with Crippen LogP contribution in [0, 0.1) is 5.92 Å². The van der Waals surface area contributed by atoms with E-state index in [1.165, 1.54) is 24.9 Å². The van der Waals surface area contributed by atoms with E-state index in [-0.39, 0.29) is 12.6 Å². The van der Waals surface area contributed by atoms with Gasteiger partial charge in [-0.2, -0.15) is 0 Å². The smallest absolute Gasteiger partial charge is 0.341 e. The molecular formula is C21H29NO5S. The first kappa shape index (κ1) is 20.8. The van der Waals surface area contributed by atoms with Crippen molar-refractivity contribution in [2.24, 2.45) is 5.92 Å². The number of carbonyl (C=O) groups is 3. The normalized spacial score (nSPS) is 17.3. The maximum absolute atomic E-state index is 12.3. The van der Waals surface area contributed by atoms with Crippen molar-refractivity contribution in [1.29, 1.82) is 0 Å². The van der Waals surface area contributed by atoms with Crippen molar-refractivity contribution in [2.75, 3.05) is 19.0 Å². The molecule has 0 aromatic carbocycles. The molecule has 2 aliphatic rings. The van der Waals surface area contributed by atoms with Crippen molar-refractivity contribution < 1.29 is 23.9 Å². The number of anilines is 1. The van der Waals surface area contributed by atoms with Crippen molar-refractivity contribution in [2.45, 2.75) is 70.6 Å². The van der Waals surface area contributed by atoms with Gasteiger partial charge >= 0.3 is 11.9 Å². The molecule has 1 aromatic rings. The second-order valence-electron chi connectivity index (χ2n) is 7.68. The summed E-state index contributed by atoms with van der Waals surface area (Å²) in [6, 6.07) is 0. The van der Waals surface area contributed by atoms with Crippen molar-refractivity contribution >= 4 is 34.2 Å². The Kier molecular flexibility index (Phi) is 7.48. The second-order valence-corrected chi connectivity index (χ2v) is 8.78. The minimum absolute atomic E-state index is 0.322. The van der Waals surface area contributed by atoms with E-state index >= 15 is 0 Å². The van der Waals surface area contributed by atoms with Gasteiger partial charge in [-0.1, -0.05) is 25.7 Å². The summed E-state index contributed by atoms with van der Waals surface area (Å²) in [5.74, 6) is -0.789. The number of nitrogens with one attached hydrogen (secondary N) is 1. The monoisotopic (exact) mass is 407 g/mol. The highest BCUT2D eigenvalue weighted by Gasteiger charge is 2.26. The quantitative estimate of drug-likeness (QED) is 0.563. The van der Waals surface area contributed by atoms with Gasteiger partial charge in [-0.3, -0.25) is 9.59 Å². The number of aryl methyl sites for hydroxylation is 1. The predicted molar refractivity (Wildman–Crippen MR) is 108 cm³/mol. The lowest BCUT2D eigenvalue weighted by Gasteiger charge is -2.20. The van der Waals surface area contributed by atoms with Gasteiger partial charge in [-0.25, -0.2) is 4.79 Å². The Morgan fingerprint density at radius 3 is 2.50 bits per heavy atom. The SMILES string of the molecule is COC(=O)c1c(NC(=O)COC(=O)CC2CCCCC2)sc2c1CCCCC2. The van der Waals surface area contributed by atoms with Crippen LogP contribution in [0.25, 0.3) is 0 Å². The summed E-state index contributed by atoms with van der Waals surface area (Å²) in [7, 11) is 1.35. The third kappa shape index (κ3) is 5.34. The Hall–Kier alpha value is -1.89. The third-order valence-corrected chi connectivity index (χ3v) is 6.82. The molecule has 0 saturated heterocycles. The van der Waals surface area contributed by atoms with Crippen molar-refractivity contribution in [3.05, 3.63) is 16.0 Å². The number of esters is 2. The molecule has 0 radical (unpaired) electrons. The van der Waals surface area contributed by atoms with Crippen LogP contribution in [0.15, 0.2) is 0 Å². The van der Waals surface area contributed by atoms with Crippen LogP contribution in [0.2, 0.25) is 0 Å². The van der Waals surface area contributed by atoms with Gasteiger partial charge in [-0.05, 0) is 50.0 Å². The van der Waals surface area contributed by atoms with E-state index in [4.69, 9.17) is 9.47 Å². The molecule has 1 amide bonds. The fourth-order valence-electron chi connectivity index (χ4n) is 4.14. The van der Waals surface area contributed by atoms with E-state index in [1.807, 2.05) is 0 Å². The lowest BCUT2D eigenvalue weighted by molar-refractivity contribution is -0.148. The topological polar surface area (TPSA) is 81.7 Å². The fraction of sp³-hybridized carbons (Fsp3) is 0.667. The fourth-order valence-corrected chi connectivity index (χ4v) is 5.44. The van der Waals surface area contributed by atoms with Gasteiger partial charge < -0.3 is 14.8 Å². The number of methoxy groups -OCH3 is 1. The summed E-state index contributed by atoms with van der Waals surface area (Å²) in [4.78, 5) is 37.8. The molecule has 7 heteroatoms. The minimum atomic E-state index is -0.427. The van der Waals surface area contributed by atoms with Gasteiger partial charge in [0.25, 0.3) is 5.91 Å². The van der Waals surface area contributed by atoms with Crippen LogP contribution < -0.4 is 5.32 Å². The number of carbonyl (C=O) groups excluding carboxylic acids is 3. The van der Waals surface area contributed by atoms with Gasteiger partial charge in [-0.15, -0.1) is 11.3 Å². The molecule has 0 unspecified atom stereocenters. The van der Waals surface area contributed by atoms with Crippen molar-refractivity contribution in [1.82, 2.24) is 0 Å². The first-order valence-electron chi connectivity index (χ1n) is 10.3. The Bertz CT molecular complexity index is 721. The Labute approximate surface area is 170 Å². The number of rotatable bonds is 6. The van der Waals surface area contributed by atoms with Gasteiger partial charge in [0.2, 0.25) is 0 Å². The van der Waals surface area contributed by atoms with Crippen LogP contribution in [0.3, 0.4) is 0 Å². The molecule has 0 bridgehead atoms. The highest BCUT2D eigenvalue weighted by molar-refractivity contribution is 7.17. The van der Waals surface area contributed by atoms with E-state index in [9.17, 15) is 14.4 Å². The maximum Gasteiger partial charge on any atom is 0.341 e. The Morgan fingerprint density at radius 2 is 1.75 bits per heavy atom. The summed E-state index contributed by atoms with van der Waals surface area (Å²) >= 11 is 1.44. The Morgan fingerprint density at radius 1 is 1.04 bits per heavy atom. The Balaban J connectivity index is 1.58. The van der Waals surface area contributed by atoms with Gasteiger partial charge in [0.15, 0.2) is 6.61 Å². The molecule has 2 aliphatic carbocycles. The van der Waals surface area contributed by atoms with E-state index in [0.29, 0.717) is 22.9 Å². The lowest BCUT2D eigenvalue weighted by atomic mass is 9.87. The molecule has 1 N–H and O–H groups in total. The summed E-state index contributed by atoms with van der Waals surface area (Å²) in [5, 5.41) is 3.27. The van der Waals surface area contributed by atoms with E-state index in [1.54, 1.807) is 0 Å². The molecule has 0 aliphatic heterocycles. The van der Waals surface area contributed by atoms with E-state index in [0.717, 1.165) is 68.2 Å². The summed E-state index contributed by atoms with van der Waals surface area (Å²) < 4.78 is 10.1. The van der Waals surface area contributed by atoms with Crippen LogP contribution in [0.5, 0.6) is 0 Å². The lowest BCUT2D eigenvalue weighted by Crippen LogP contribution is -2.23. The molecule has 1 aromatic heterocycles. The largest absolute Gasteiger partial charge is 0.465 e. The first-order valence-corrected chi connectivity index (χ1v) is 11.1. The predicted octanol–water partition coefficient (Wildman–Crippen LogP) is 4.26. The summed E-state index contributed by atoms with van der Waals surface area (Å²) in [5.41, 5.74) is 1.46. The van der Waals surface area contributed by atoms with Gasteiger partial charge in [0.05, 0.1) is 12.7 Å². The van der Waals surface area contributed by atoms with E-state index in [2.05, 4.69) is 5.32 Å².